The van der Waals surface area contributed by atoms with Crippen molar-refractivity contribution in [1.82, 2.24) is 24.6 Å². The van der Waals surface area contributed by atoms with Gasteiger partial charge in [-0.1, -0.05) is 60.7 Å². The molecule has 1 fully saturated rings. The number of nitrogens with zero attached hydrogens (tertiary/aromatic N) is 5. The van der Waals surface area contributed by atoms with E-state index in [4.69, 9.17) is 0 Å². The maximum absolute atomic E-state index is 13.4. The first-order valence-corrected chi connectivity index (χ1v) is 13.6. The highest BCUT2D eigenvalue weighted by molar-refractivity contribution is 5.83. The van der Waals surface area contributed by atoms with Crippen molar-refractivity contribution in [3.63, 3.8) is 0 Å². The first-order valence-electron chi connectivity index (χ1n) is 13.6. The highest BCUT2D eigenvalue weighted by atomic mass is 16.2. The smallest absolute Gasteiger partial charge is 0.350 e. The molecule has 0 spiro atoms. The van der Waals surface area contributed by atoms with E-state index >= 15 is 0 Å². The molecule has 0 bridgehead atoms. The standard InChI is InChI=1S/C31H36N6O2/c1-23(2)37-31(39)36(24(3)33-37)28-16-14-27(15-17-28)34-18-20-35(21-19-34)29(26-12-8-5-9-13-26)30(38)32-22-25-10-6-4-7-11-25/h4-17,23,29H,18-22H2,1-3H3,(H,32,38). The summed E-state index contributed by atoms with van der Waals surface area (Å²) in [5, 5.41) is 7.56. The van der Waals surface area contributed by atoms with E-state index in [-0.39, 0.29) is 23.7 Å². The van der Waals surface area contributed by atoms with Gasteiger partial charge in [0.15, 0.2) is 0 Å². The number of benzene rings is 3. The van der Waals surface area contributed by atoms with Crippen molar-refractivity contribution < 1.29 is 4.79 Å². The Morgan fingerprint density at radius 3 is 2.03 bits per heavy atom. The number of amides is 1. The lowest BCUT2D eigenvalue weighted by Crippen LogP contribution is -2.51. The normalized spacial score (nSPS) is 14.9. The Bertz CT molecular complexity index is 1440. The van der Waals surface area contributed by atoms with E-state index in [1.165, 1.54) is 4.68 Å². The Hall–Kier alpha value is -4.17. The molecule has 8 nitrogen and oxygen atoms in total. The molecule has 8 heteroatoms. The summed E-state index contributed by atoms with van der Waals surface area (Å²) in [5.41, 5.74) is 3.88. The molecule has 1 aromatic heterocycles. The Kier molecular flexibility index (Phi) is 7.93. The molecule has 0 radical (unpaired) electrons. The monoisotopic (exact) mass is 524 g/mol. The van der Waals surface area contributed by atoms with Crippen molar-refractivity contribution >= 4 is 11.6 Å². The minimum Gasteiger partial charge on any atom is -0.369 e. The molecule has 1 aliphatic heterocycles. The molecule has 39 heavy (non-hydrogen) atoms. The van der Waals surface area contributed by atoms with Gasteiger partial charge >= 0.3 is 5.69 Å². The quantitative estimate of drug-likeness (QED) is 0.376. The van der Waals surface area contributed by atoms with Crippen molar-refractivity contribution in [2.45, 2.75) is 39.4 Å². The van der Waals surface area contributed by atoms with Crippen LogP contribution in [-0.2, 0) is 11.3 Å². The summed E-state index contributed by atoms with van der Waals surface area (Å²) in [6.07, 6.45) is 0. The topological polar surface area (TPSA) is 75.4 Å². The number of carbonyl (C=O) groups excluding carboxylic acids is 1. The second kappa shape index (κ2) is 11.7. The number of aromatic nitrogens is 3. The average Bonchev–Trinajstić information content (AvgIpc) is 3.27. The van der Waals surface area contributed by atoms with Crippen LogP contribution in [0.15, 0.2) is 89.7 Å². The average molecular weight is 525 g/mol. The van der Waals surface area contributed by atoms with E-state index in [0.29, 0.717) is 12.4 Å². The Morgan fingerprint density at radius 2 is 1.44 bits per heavy atom. The molecule has 1 aliphatic rings. The fourth-order valence-electron chi connectivity index (χ4n) is 5.21. The highest BCUT2D eigenvalue weighted by Gasteiger charge is 2.30. The number of hydrogen-bond acceptors (Lipinski definition) is 5. The number of nitrogens with one attached hydrogen (secondary N) is 1. The fraction of sp³-hybridized carbons (Fsp3) is 0.323. The van der Waals surface area contributed by atoms with E-state index in [0.717, 1.165) is 48.7 Å². The third-order valence-corrected chi connectivity index (χ3v) is 7.28. The number of aryl methyl sites for hydroxylation is 1. The largest absolute Gasteiger partial charge is 0.369 e. The maximum Gasteiger partial charge on any atom is 0.350 e. The van der Waals surface area contributed by atoms with Crippen LogP contribution in [0.2, 0.25) is 0 Å². The number of carbonyl (C=O) groups is 1. The Balaban J connectivity index is 1.27. The van der Waals surface area contributed by atoms with Crippen LogP contribution in [0, 0.1) is 6.92 Å². The number of anilines is 1. The van der Waals surface area contributed by atoms with E-state index < -0.39 is 0 Å². The van der Waals surface area contributed by atoms with Gasteiger partial charge in [-0.2, -0.15) is 5.10 Å². The SMILES string of the molecule is Cc1nn(C(C)C)c(=O)n1-c1ccc(N2CCN(C(C(=O)NCc3ccccc3)c3ccccc3)CC2)cc1. The van der Waals surface area contributed by atoms with Crippen LogP contribution in [0.25, 0.3) is 5.69 Å². The molecule has 0 aliphatic carbocycles. The molecule has 202 valence electrons. The van der Waals surface area contributed by atoms with E-state index in [1.54, 1.807) is 4.57 Å². The summed E-state index contributed by atoms with van der Waals surface area (Å²) in [5.74, 6) is 0.693. The van der Waals surface area contributed by atoms with Crippen LogP contribution in [0.3, 0.4) is 0 Å². The number of rotatable bonds is 8. The summed E-state index contributed by atoms with van der Waals surface area (Å²) in [4.78, 5) is 30.9. The van der Waals surface area contributed by atoms with Crippen molar-refractivity contribution in [1.29, 1.82) is 0 Å². The molecule has 1 unspecified atom stereocenters. The summed E-state index contributed by atoms with van der Waals surface area (Å²) in [7, 11) is 0. The lowest BCUT2D eigenvalue weighted by Gasteiger charge is -2.39. The van der Waals surface area contributed by atoms with Crippen LogP contribution in [0.5, 0.6) is 0 Å². The summed E-state index contributed by atoms with van der Waals surface area (Å²) >= 11 is 0. The van der Waals surface area contributed by atoms with E-state index in [1.807, 2.05) is 93.6 Å². The minimum absolute atomic E-state index is 0.00755. The van der Waals surface area contributed by atoms with Gasteiger partial charge in [-0.3, -0.25) is 9.69 Å². The van der Waals surface area contributed by atoms with Crippen LogP contribution in [0.1, 0.15) is 42.9 Å². The van der Waals surface area contributed by atoms with Gasteiger partial charge in [0.2, 0.25) is 5.91 Å². The zero-order chi connectivity index (χ0) is 27.4. The highest BCUT2D eigenvalue weighted by Crippen LogP contribution is 2.25. The second-order valence-corrected chi connectivity index (χ2v) is 10.3. The Labute approximate surface area is 229 Å². The molecule has 1 atom stereocenters. The van der Waals surface area contributed by atoms with Crippen LogP contribution < -0.4 is 15.9 Å². The van der Waals surface area contributed by atoms with Crippen molar-refractivity contribution in [2.75, 3.05) is 31.1 Å². The molecule has 4 aromatic rings. The third kappa shape index (κ3) is 5.81. The summed E-state index contributed by atoms with van der Waals surface area (Å²) < 4.78 is 3.17. The first-order chi connectivity index (χ1) is 18.9. The van der Waals surface area contributed by atoms with Gasteiger partial charge in [0.05, 0.1) is 11.7 Å². The number of piperazine rings is 1. The van der Waals surface area contributed by atoms with E-state index in [2.05, 4.69) is 32.3 Å². The van der Waals surface area contributed by atoms with Crippen LogP contribution >= 0.6 is 0 Å². The van der Waals surface area contributed by atoms with Gasteiger partial charge < -0.3 is 10.2 Å². The van der Waals surface area contributed by atoms with Crippen molar-refractivity contribution in [3.8, 4) is 5.69 Å². The molecule has 1 N–H and O–H groups in total. The lowest BCUT2D eigenvalue weighted by atomic mass is 10.0. The minimum atomic E-state index is -0.341. The van der Waals surface area contributed by atoms with Gasteiger partial charge in [0.1, 0.15) is 11.9 Å². The van der Waals surface area contributed by atoms with Crippen LogP contribution in [-0.4, -0.2) is 51.3 Å². The summed E-state index contributed by atoms with van der Waals surface area (Å²) in [6, 6.07) is 27.8. The van der Waals surface area contributed by atoms with Gasteiger partial charge in [-0.15, -0.1) is 0 Å². The zero-order valence-electron chi connectivity index (χ0n) is 22.8. The molecule has 3 aromatic carbocycles. The van der Waals surface area contributed by atoms with Gasteiger partial charge in [0.25, 0.3) is 0 Å². The second-order valence-electron chi connectivity index (χ2n) is 10.3. The first kappa shape index (κ1) is 26.4. The van der Waals surface area contributed by atoms with Gasteiger partial charge in [-0.05, 0) is 56.2 Å². The molecular formula is C31H36N6O2. The summed E-state index contributed by atoms with van der Waals surface area (Å²) in [6.45, 7) is 9.41. The Morgan fingerprint density at radius 1 is 0.846 bits per heavy atom. The van der Waals surface area contributed by atoms with E-state index in [9.17, 15) is 9.59 Å². The molecule has 1 amide bonds. The molecule has 1 saturated heterocycles. The predicted octanol–water partition coefficient (Wildman–Crippen LogP) is 4.10. The van der Waals surface area contributed by atoms with Gasteiger partial charge in [0, 0.05) is 38.4 Å². The number of hydrogen-bond donors (Lipinski definition) is 1. The molecule has 0 saturated carbocycles. The third-order valence-electron chi connectivity index (χ3n) is 7.28. The fourth-order valence-corrected chi connectivity index (χ4v) is 5.21. The lowest BCUT2D eigenvalue weighted by molar-refractivity contribution is -0.127. The van der Waals surface area contributed by atoms with Crippen LogP contribution in [0.4, 0.5) is 5.69 Å². The molecule has 2 heterocycles. The van der Waals surface area contributed by atoms with Crippen molar-refractivity contribution in [2.24, 2.45) is 0 Å². The molecule has 5 rings (SSSR count). The zero-order valence-corrected chi connectivity index (χ0v) is 22.8. The predicted molar refractivity (Wildman–Crippen MR) is 154 cm³/mol. The van der Waals surface area contributed by atoms with Crippen molar-refractivity contribution in [3.05, 3.63) is 112 Å². The van der Waals surface area contributed by atoms with Gasteiger partial charge in [-0.25, -0.2) is 14.0 Å². The molecular weight excluding hydrogens is 488 g/mol. The maximum atomic E-state index is 13.4.